The van der Waals surface area contributed by atoms with Gasteiger partial charge >= 0.3 is 0 Å². The van der Waals surface area contributed by atoms with Gasteiger partial charge in [-0.05, 0) is 53.1 Å². The van der Waals surface area contributed by atoms with Crippen LogP contribution in [0.3, 0.4) is 0 Å². The smallest absolute Gasteiger partial charge is 0.220 e. The van der Waals surface area contributed by atoms with E-state index in [2.05, 4.69) is 17.2 Å². The second-order valence-electron chi connectivity index (χ2n) is 5.97. The number of rotatable bonds is 4. The van der Waals surface area contributed by atoms with Gasteiger partial charge in [0.05, 0.1) is 0 Å². The van der Waals surface area contributed by atoms with E-state index in [1.165, 1.54) is 11.6 Å². The van der Waals surface area contributed by atoms with E-state index in [0.717, 1.165) is 17.5 Å². The Labute approximate surface area is 129 Å². The number of carbonyl (C=O) groups is 1. The van der Waals surface area contributed by atoms with E-state index in [9.17, 15) is 9.18 Å². The van der Waals surface area contributed by atoms with Gasteiger partial charge in [0, 0.05) is 25.4 Å². The number of hydrogen-bond acceptors (Lipinski definition) is 2. The molecule has 1 aliphatic rings. The lowest BCUT2D eigenvalue weighted by Crippen LogP contribution is -2.25. The number of aromatic nitrogens is 1. The first-order chi connectivity index (χ1) is 10.6. The molecule has 0 saturated heterocycles. The second-order valence-corrected chi connectivity index (χ2v) is 5.97. The molecule has 1 aromatic carbocycles. The predicted molar refractivity (Wildman–Crippen MR) is 82.7 cm³/mol. The molecule has 0 saturated carbocycles. The van der Waals surface area contributed by atoms with Gasteiger partial charge in [0.1, 0.15) is 5.82 Å². The fourth-order valence-electron chi connectivity index (χ4n) is 3.18. The third kappa shape index (κ3) is 3.16. The van der Waals surface area contributed by atoms with Crippen LogP contribution in [0.25, 0.3) is 0 Å². The minimum atomic E-state index is -0.228. The van der Waals surface area contributed by atoms with Gasteiger partial charge < -0.3 is 5.32 Å². The predicted octanol–water partition coefficient (Wildman–Crippen LogP) is 3.20. The van der Waals surface area contributed by atoms with Crippen LogP contribution >= 0.6 is 0 Å². The van der Waals surface area contributed by atoms with Crippen molar-refractivity contribution in [1.29, 1.82) is 0 Å². The summed E-state index contributed by atoms with van der Waals surface area (Å²) >= 11 is 0. The number of amides is 1. The maximum Gasteiger partial charge on any atom is 0.220 e. The van der Waals surface area contributed by atoms with E-state index < -0.39 is 0 Å². The Bertz CT molecular complexity index is 672. The number of fused-ring (bicyclic) bond motifs is 1. The van der Waals surface area contributed by atoms with Crippen LogP contribution in [0, 0.1) is 11.7 Å². The lowest BCUT2D eigenvalue weighted by Gasteiger charge is -2.16. The molecule has 0 radical (unpaired) electrons. The molecule has 1 amide bonds. The number of nitrogens with one attached hydrogen (secondary N) is 1. The SMILES string of the molecule is CC1Cc2ccc(F)cc2C1CC(=O)NCc1cccnc1. The summed E-state index contributed by atoms with van der Waals surface area (Å²) in [6.45, 7) is 2.60. The van der Waals surface area contributed by atoms with E-state index in [1.54, 1.807) is 18.5 Å². The van der Waals surface area contributed by atoms with Crippen LogP contribution in [0.5, 0.6) is 0 Å². The molecule has 1 aliphatic carbocycles. The summed E-state index contributed by atoms with van der Waals surface area (Å²) in [5.41, 5.74) is 3.13. The van der Waals surface area contributed by atoms with Gasteiger partial charge in [-0.15, -0.1) is 0 Å². The van der Waals surface area contributed by atoms with Crippen molar-refractivity contribution in [1.82, 2.24) is 10.3 Å². The van der Waals surface area contributed by atoms with Gasteiger partial charge in [0.25, 0.3) is 0 Å². The quantitative estimate of drug-likeness (QED) is 0.942. The highest BCUT2D eigenvalue weighted by Crippen LogP contribution is 2.40. The summed E-state index contributed by atoms with van der Waals surface area (Å²) in [6.07, 6.45) is 4.76. The van der Waals surface area contributed by atoms with Gasteiger partial charge in [-0.1, -0.05) is 19.1 Å². The zero-order valence-corrected chi connectivity index (χ0v) is 12.6. The Kier molecular flexibility index (Phi) is 4.18. The number of hydrogen-bond donors (Lipinski definition) is 1. The molecule has 2 unspecified atom stereocenters. The van der Waals surface area contributed by atoms with Gasteiger partial charge in [0.2, 0.25) is 5.91 Å². The van der Waals surface area contributed by atoms with Crippen molar-refractivity contribution in [3.8, 4) is 0 Å². The lowest BCUT2D eigenvalue weighted by molar-refractivity contribution is -0.121. The Morgan fingerprint density at radius 1 is 1.41 bits per heavy atom. The van der Waals surface area contributed by atoms with E-state index in [4.69, 9.17) is 0 Å². The van der Waals surface area contributed by atoms with Crippen LogP contribution in [0.4, 0.5) is 4.39 Å². The van der Waals surface area contributed by atoms with Crippen molar-refractivity contribution >= 4 is 5.91 Å². The standard InChI is InChI=1S/C18H19FN2O/c1-12-7-14-4-5-15(19)8-17(14)16(12)9-18(22)21-11-13-3-2-6-20-10-13/h2-6,8,10,12,16H,7,9,11H2,1H3,(H,21,22). The Morgan fingerprint density at radius 2 is 2.27 bits per heavy atom. The maximum atomic E-state index is 13.5. The first kappa shape index (κ1) is 14.7. The highest BCUT2D eigenvalue weighted by atomic mass is 19.1. The lowest BCUT2D eigenvalue weighted by atomic mass is 9.90. The molecule has 0 aliphatic heterocycles. The maximum absolute atomic E-state index is 13.5. The van der Waals surface area contributed by atoms with E-state index in [1.807, 2.05) is 18.2 Å². The van der Waals surface area contributed by atoms with Crippen LogP contribution in [0.2, 0.25) is 0 Å². The molecular weight excluding hydrogens is 279 g/mol. The van der Waals surface area contributed by atoms with Crippen LogP contribution in [0.1, 0.15) is 36.0 Å². The van der Waals surface area contributed by atoms with Gasteiger partial charge in [-0.25, -0.2) is 4.39 Å². The second kappa shape index (κ2) is 6.26. The van der Waals surface area contributed by atoms with Gasteiger partial charge in [0.15, 0.2) is 0 Å². The van der Waals surface area contributed by atoms with Crippen LogP contribution in [-0.2, 0) is 17.8 Å². The zero-order chi connectivity index (χ0) is 15.5. The normalized spacial score (nSPS) is 19.7. The largest absolute Gasteiger partial charge is 0.352 e. The molecule has 0 fully saturated rings. The number of nitrogens with zero attached hydrogens (tertiary/aromatic N) is 1. The van der Waals surface area contributed by atoms with Crippen molar-refractivity contribution in [3.05, 3.63) is 65.2 Å². The van der Waals surface area contributed by atoms with Gasteiger partial charge in [-0.2, -0.15) is 0 Å². The highest BCUT2D eigenvalue weighted by molar-refractivity contribution is 5.77. The minimum Gasteiger partial charge on any atom is -0.352 e. The summed E-state index contributed by atoms with van der Waals surface area (Å²) in [7, 11) is 0. The third-order valence-electron chi connectivity index (χ3n) is 4.35. The van der Waals surface area contributed by atoms with Crippen molar-refractivity contribution in [2.75, 3.05) is 0 Å². The van der Waals surface area contributed by atoms with Crippen LogP contribution < -0.4 is 5.32 Å². The fourth-order valence-corrected chi connectivity index (χ4v) is 3.18. The molecule has 3 nitrogen and oxygen atoms in total. The first-order valence-electron chi connectivity index (χ1n) is 7.57. The molecule has 0 spiro atoms. The monoisotopic (exact) mass is 298 g/mol. The van der Waals surface area contributed by atoms with E-state index >= 15 is 0 Å². The molecule has 1 heterocycles. The van der Waals surface area contributed by atoms with Crippen LogP contribution in [0.15, 0.2) is 42.7 Å². The molecule has 1 aromatic heterocycles. The minimum absolute atomic E-state index is 0.00202. The molecule has 3 rings (SSSR count). The fraction of sp³-hybridized carbons (Fsp3) is 0.333. The Morgan fingerprint density at radius 3 is 3.05 bits per heavy atom. The number of pyridine rings is 1. The molecule has 1 N–H and O–H groups in total. The first-order valence-corrected chi connectivity index (χ1v) is 7.57. The van der Waals surface area contributed by atoms with Crippen molar-refractivity contribution < 1.29 is 9.18 Å². The van der Waals surface area contributed by atoms with Crippen LogP contribution in [-0.4, -0.2) is 10.9 Å². The molecule has 2 atom stereocenters. The summed E-state index contributed by atoms with van der Waals surface area (Å²) in [5.74, 6) is 0.229. The number of benzene rings is 1. The third-order valence-corrected chi connectivity index (χ3v) is 4.35. The molecule has 2 aromatic rings. The summed E-state index contributed by atoms with van der Waals surface area (Å²) in [4.78, 5) is 16.2. The highest BCUT2D eigenvalue weighted by Gasteiger charge is 2.31. The molecule has 4 heteroatoms. The average molecular weight is 298 g/mol. The van der Waals surface area contributed by atoms with Crippen molar-refractivity contribution in [2.24, 2.45) is 5.92 Å². The summed E-state index contributed by atoms with van der Waals surface area (Å²) < 4.78 is 13.5. The summed E-state index contributed by atoms with van der Waals surface area (Å²) in [6, 6.07) is 8.69. The molecular formula is C18H19FN2O. The molecule has 22 heavy (non-hydrogen) atoms. The number of halogens is 1. The molecule has 0 bridgehead atoms. The summed E-state index contributed by atoms with van der Waals surface area (Å²) in [5, 5.41) is 2.92. The van der Waals surface area contributed by atoms with Crippen molar-refractivity contribution in [2.45, 2.75) is 32.2 Å². The zero-order valence-electron chi connectivity index (χ0n) is 12.6. The van der Waals surface area contributed by atoms with E-state index in [0.29, 0.717) is 18.9 Å². The topological polar surface area (TPSA) is 42.0 Å². The molecule has 114 valence electrons. The Balaban J connectivity index is 1.63. The van der Waals surface area contributed by atoms with E-state index in [-0.39, 0.29) is 17.6 Å². The Hall–Kier alpha value is -2.23. The van der Waals surface area contributed by atoms with Crippen molar-refractivity contribution in [3.63, 3.8) is 0 Å². The number of carbonyl (C=O) groups excluding carboxylic acids is 1. The van der Waals surface area contributed by atoms with Gasteiger partial charge in [-0.3, -0.25) is 9.78 Å². The average Bonchev–Trinajstić information content (AvgIpc) is 2.82.